The Labute approximate surface area is 150 Å². The summed E-state index contributed by atoms with van der Waals surface area (Å²) in [4.78, 5) is 24.7. The van der Waals surface area contributed by atoms with Crippen LogP contribution in [0.1, 0.15) is 56.0 Å². The molecule has 1 heterocycles. The number of likely N-dealkylation sites (tertiary alicyclic amines) is 1. The highest BCUT2D eigenvalue weighted by atomic mass is 19.4. The lowest BCUT2D eigenvalue weighted by Gasteiger charge is -2.36. The van der Waals surface area contributed by atoms with E-state index in [0.29, 0.717) is 19.3 Å². The number of piperidine rings is 1. The van der Waals surface area contributed by atoms with E-state index in [0.717, 1.165) is 25.0 Å². The van der Waals surface area contributed by atoms with Gasteiger partial charge in [0.15, 0.2) is 6.23 Å². The Hall–Kier alpha value is -2.25. The Kier molecular flexibility index (Phi) is 5.83. The Morgan fingerprint density at radius 2 is 1.88 bits per heavy atom. The fourth-order valence-corrected chi connectivity index (χ4v) is 2.63. The molecule has 0 radical (unpaired) electrons. The molecule has 0 spiro atoms. The highest BCUT2D eigenvalue weighted by Gasteiger charge is 2.34. The SMILES string of the molecule is CC(C)(C)OC(=O)N1CCCCC1Oc1cc(C=O)cc(C(F)(F)F)c1. The van der Waals surface area contributed by atoms with Crippen molar-refractivity contribution in [2.75, 3.05) is 6.54 Å². The molecule has 0 saturated carbocycles. The molecule has 1 amide bonds. The number of benzene rings is 1. The lowest BCUT2D eigenvalue weighted by Crippen LogP contribution is -2.48. The van der Waals surface area contributed by atoms with Gasteiger partial charge in [-0.25, -0.2) is 4.79 Å². The number of hydrogen-bond acceptors (Lipinski definition) is 4. The van der Waals surface area contributed by atoms with E-state index in [1.807, 2.05) is 0 Å². The Bertz CT molecular complexity index is 667. The number of ether oxygens (including phenoxy) is 2. The molecule has 0 N–H and O–H groups in total. The molecule has 1 aliphatic rings. The number of hydrogen-bond donors (Lipinski definition) is 0. The number of alkyl halides is 3. The van der Waals surface area contributed by atoms with Gasteiger partial charge in [-0.1, -0.05) is 0 Å². The average molecular weight is 373 g/mol. The van der Waals surface area contributed by atoms with E-state index in [1.165, 1.54) is 11.0 Å². The van der Waals surface area contributed by atoms with Gasteiger partial charge < -0.3 is 9.47 Å². The van der Waals surface area contributed by atoms with Gasteiger partial charge in [0.1, 0.15) is 17.6 Å². The molecular formula is C18H22F3NO4. The molecule has 0 aromatic heterocycles. The highest BCUT2D eigenvalue weighted by Crippen LogP contribution is 2.33. The molecular weight excluding hydrogens is 351 g/mol. The maximum Gasteiger partial charge on any atom is 0.416 e. The molecule has 5 nitrogen and oxygen atoms in total. The highest BCUT2D eigenvalue weighted by molar-refractivity contribution is 5.76. The number of halogens is 3. The number of nitrogens with zero attached hydrogens (tertiary/aromatic N) is 1. The summed E-state index contributed by atoms with van der Waals surface area (Å²) >= 11 is 0. The number of amides is 1. The zero-order chi connectivity index (χ0) is 19.5. The summed E-state index contributed by atoms with van der Waals surface area (Å²) in [6.45, 7) is 5.58. The maximum absolute atomic E-state index is 13.0. The summed E-state index contributed by atoms with van der Waals surface area (Å²) in [6.07, 6.45) is -3.62. The number of rotatable bonds is 3. The third kappa shape index (κ3) is 5.37. The first-order chi connectivity index (χ1) is 12.0. The largest absolute Gasteiger partial charge is 0.470 e. The summed E-state index contributed by atoms with van der Waals surface area (Å²) < 4.78 is 50.0. The van der Waals surface area contributed by atoms with Gasteiger partial charge in [0.2, 0.25) is 0 Å². The first kappa shape index (κ1) is 20.1. The molecule has 1 aromatic carbocycles. The Balaban J connectivity index is 2.24. The number of carbonyl (C=O) groups excluding carboxylic acids is 2. The van der Waals surface area contributed by atoms with Crippen LogP contribution >= 0.6 is 0 Å². The van der Waals surface area contributed by atoms with E-state index in [-0.39, 0.29) is 11.3 Å². The van der Waals surface area contributed by atoms with Gasteiger partial charge in [0.05, 0.1) is 5.56 Å². The van der Waals surface area contributed by atoms with Gasteiger partial charge in [-0.3, -0.25) is 9.69 Å². The number of aldehydes is 1. The molecule has 0 aliphatic carbocycles. The second kappa shape index (κ2) is 7.55. The van der Waals surface area contributed by atoms with Crippen molar-refractivity contribution in [2.24, 2.45) is 0 Å². The van der Waals surface area contributed by atoms with E-state index < -0.39 is 29.7 Å². The summed E-state index contributed by atoms with van der Waals surface area (Å²) in [5, 5.41) is 0. The van der Waals surface area contributed by atoms with E-state index in [4.69, 9.17) is 9.47 Å². The third-order valence-electron chi connectivity index (χ3n) is 3.74. The molecule has 1 fully saturated rings. The Morgan fingerprint density at radius 1 is 1.19 bits per heavy atom. The van der Waals surface area contributed by atoms with Gasteiger partial charge in [0, 0.05) is 18.5 Å². The molecule has 1 saturated heterocycles. The minimum absolute atomic E-state index is 0.109. The Morgan fingerprint density at radius 3 is 2.46 bits per heavy atom. The van der Waals surface area contributed by atoms with Crippen molar-refractivity contribution < 1.29 is 32.2 Å². The molecule has 1 atom stereocenters. The molecule has 1 aromatic rings. The molecule has 8 heteroatoms. The van der Waals surface area contributed by atoms with Crippen LogP contribution < -0.4 is 4.74 Å². The van der Waals surface area contributed by atoms with Crippen LogP contribution in [0.25, 0.3) is 0 Å². The van der Waals surface area contributed by atoms with Crippen LogP contribution in [0, 0.1) is 0 Å². The second-order valence-corrected chi connectivity index (χ2v) is 7.15. The first-order valence-electron chi connectivity index (χ1n) is 8.33. The van der Waals surface area contributed by atoms with Crippen molar-refractivity contribution >= 4 is 12.4 Å². The van der Waals surface area contributed by atoms with Crippen molar-refractivity contribution in [2.45, 2.75) is 58.0 Å². The monoisotopic (exact) mass is 373 g/mol. The van der Waals surface area contributed by atoms with Gasteiger partial charge in [-0.05, 0) is 51.8 Å². The fraction of sp³-hybridized carbons (Fsp3) is 0.556. The van der Waals surface area contributed by atoms with Crippen LogP contribution in [-0.2, 0) is 10.9 Å². The number of carbonyl (C=O) groups is 2. The van der Waals surface area contributed by atoms with Crippen LogP contribution in [0.3, 0.4) is 0 Å². The molecule has 0 bridgehead atoms. The average Bonchev–Trinajstić information content (AvgIpc) is 2.52. The predicted molar refractivity (Wildman–Crippen MR) is 88.0 cm³/mol. The van der Waals surface area contributed by atoms with Gasteiger partial charge in [-0.2, -0.15) is 13.2 Å². The zero-order valence-corrected chi connectivity index (χ0v) is 14.9. The lowest BCUT2D eigenvalue weighted by molar-refractivity contribution is -0.137. The molecule has 26 heavy (non-hydrogen) atoms. The lowest BCUT2D eigenvalue weighted by atomic mass is 10.1. The molecule has 1 aliphatic heterocycles. The van der Waals surface area contributed by atoms with Gasteiger partial charge >= 0.3 is 12.3 Å². The minimum Gasteiger partial charge on any atom is -0.470 e. The minimum atomic E-state index is -4.60. The van der Waals surface area contributed by atoms with E-state index in [9.17, 15) is 22.8 Å². The van der Waals surface area contributed by atoms with E-state index in [2.05, 4.69) is 0 Å². The topological polar surface area (TPSA) is 55.8 Å². The van der Waals surface area contributed by atoms with Gasteiger partial charge in [-0.15, -0.1) is 0 Å². The van der Waals surface area contributed by atoms with Crippen LogP contribution in [0.5, 0.6) is 5.75 Å². The van der Waals surface area contributed by atoms with Crippen molar-refractivity contribution in [3.8, 4) is 5.75 Å². The van der Waals surface area contributed by atoms with Crippen molar-refractivity contribution in [1.29, 1.82) is 0 Å². The van der Waals surface area contributed by atoms with E-state index >= 15 is 0 Å². The normalized spacial score (nSPS) is 18.4. The third-order valence-corrected chi connectivity index (χ3v) is 3.74. The quantitative estimate of drug-likeness (QED) is 0.724. The first-order valence-corrected chi connectivity index (χ1v) is 8.33. The van der Waals surface area contributed by atoms with Crippen LogP contribution in [0.4, 0.5) is 18.0 Å². The van der Waals surface area contributed by atoms with Gasteiger partial charge in [0.25, 0.3) is 0 Å². The summed E-state index contributed by atoms with van der Waals surface area (Å²) in [7, 11) is 0. The summed E-state index contributed by atoms with van der Waals surface area (Å²) in [5.74, 6) is -0.109. The molecule has 1 unspecified atom stereocenters. The van der Waals surface area contributed by atoms with Crippen LogP contribution in [0.2, 0.25) is 0 Å². The maximum atomic E-state index is 13.0. The van der Waals surface area contributed by atoms with E-state index in [1.54, 1.807) is 20.8 Å². The van der Waals surface area contributed by atoms with Crippen molar-refractivity contribution in [3.63, 3.8) is 0 Å². The van der Waals surface area contributed by atoms with Crippen molar-refractivity contribution in [3.05, 3.63) is 29.3 Å². The van der Waals surface area contributed by atoms with Crippen LogP contribution in [0.15, 0.2) is 18.2 Å². The predicted octanol–water partition coefficient (Wildman–Crippen LogP) is 4.64. The fourth-order valence-electron chi connectivity index (χ4n) is 2.63. The van der Waals surface area contributed by atoms with Crippen molar-refractivity contribution in [1.82, 2.24) is 4.90 Å². The standard InChI is InChI=1S/C18H22F3NO4/c1-17(2,3)26-16(24)22-7-5-4-6-15(22)25-14-9-12(11-23)8-13(10-14)18(19,20)21/h8-11,15H,4-7H2,1-3H3. The second-order valence-electron chi connectivity index (χ2n) is 7.15. The smallest absolute Gasteiger partial charge is 0.416 e. The van der Waals surface area contributed by atoms with Crippen LogP contribution in [-0.4, -0.2) is 35.7 Å². The zero-order valence-electron chi connectivity index (χ0n) is 14.9. The summed E-state index contributed by atoms with van der Waals surface area (Å²) in [5.41, 5.74) is -1.81. The summed E-state index contributed by atoms with van der Waals surface area (Å²) in [6, 6.07) is 2.81. The molecule has 2 rings (SSSR count). The molecule has 144 valence electrons.